The summed E-state index contributed by atoms with van der Waals surface area (Å²) in [5.41, 5.74) is -0.900. The molecule has 2 rings (SSSR count). The van der Waals surface area contributed by atoms with Gasteiger partial charge in [-0.15, -0.1) is 0 Å². The lowest BCUT2D eigenvalue weighted by Crippen LogP contribution is -2.63. The highest BCUT2D eigenvalue weighted by molar-refractivity contribution is 5.00. The number of ether oxygens (including phenoxy) is 2. The maximum atomic E-state index is 10.3. The molecule has 2 heterocycles. The average Bonchev–Trinajstić information content (AvgIpc) is 2.41. The van der Waals surface area contributed by atoms with Crippen molar-refractivity contribution in [2.45, 2.75) is 62.5 Å². The molecule has 0 aromatic carbocycles. The van der Waals surface area contributed by atoms with Gasteiger partial charge in [-0.1, -0.05) is 0 Å². The zero-order valence-corrected chi connectivity index (χ0v) is 11.7. The maximum absolute atomic E-state index is 10.3. The van der Waals surface area contributed by atoms with Gasteiger partial charge in [0, 0.05) is 5.92 Å². The molecule has 2 fully saturated rings. The Kier molecular flexibility index (Phi) is 4.70. The van der Waals surface area contributed by atoms with Crippen LogP contribution in [0.15, 0.2) is 0 Å². The first-order valence-corrected chi connectivity index (χ1v) is 6.91. The highest BCUT2D eigenvalue weighted by Crippen LogP contribution is 2.38. The minimum atomic E-state index is -1.04. The summed E-state index contributed by atoms with van der Waals surface area (Å²) in [5.74, 6) is -0.574. The van der Waals surface area contributed by atoms with E-state index in [0.29, 0.717) is 0 Å². The van der Waals surface area contributed by atoms with E-state index in [1.54, 1.807) is 13.8 Å². The second kappa shape index (κ2) is 5.84. The van der Waals surface area contributed by atoms with Crippen LogP contribution in [0.2, 0.25) is 0 Å². The molecule has 0 radical (unpaired) electrons. The van der Waals surface area contributed by atoms with E-state index in [4.69, 9.17) is 14.6 Å². The highest BCUT2D eigenvalue weighted by Gasteiger charge is 2.51. The van der Waals surface area contributed by atoms with Crippen LogP contribution in [0.25, 0.3) is 0 Å². The second-order valence-electron chi connectivity index (χ2n) is 6.16. The smallest absolute Gasteiger partial charge is 0.109 e. The van der Waals surface area contributed by atoms with Crippen molar-refractivity contribution in [3.63, 3.8) is 0 Å². The summed E-state index contributed by atoms with van der Waals surface area (Å²) in [6.07, 6.45) is -4.45. The molecule has 0 amide bonds. The highest BCUT2D eigenvalue weighted by atomic mass is 16.6. The summed E-state index contributed by atoms with van der Waals surface area (Å²) < 4.78 is 10.8. The Morgan fingerprint density at radius 3 is 2.00 bits per heavy atom. The van der Waals surface area contributed by atoms with Crippen molar-refractivity contribution in [2.24, 2.45) is 5.92 Å². The number of rotatable bonds is 4. The Bertz CT molecular complexity index is 335. The first-order valence-electron chi connectivity index (χ1n) is 6.91. The molecule has 0 aliphatic carbocycles. The van der Waals surface area contributed by atoms with E-state index in [1.165, 1.54) is 0 Å². The first kappa shape index (κ1) is 16.1. The van der Waals surface area contributed by atoms with Gasteiger partial charge in [-0.2, -0.15) is 0 Å². The maximum Gasteiger partial charge on any atom is 0.109 e. The summed E-state index contributed by atoms with van der Waals surface area (Å²) in [5, 5.41) is 48.4. The van der Waals surface area contributed by atoms with Gasteiger partial charge in [0.05, 0.1) is 37.1 Å². The van der Waals surface area contributed by atoms with Crippen molar-refractivity contribution < 1.29 is 35.0 Å². The molecular formula is C13H24O7. The molecule has 7 heteroatoms. The van der Waals surface area contributed by atoms with Gasteiger partial charge >= 0.3 is 0 Å². The van der Waals surface area contributed by atoms with E-state index in [0.717, 1.165) is 0 Å². The summed E-state index contributed by atoms with van der Waals surface area (Å²) in [6, 6.07) is 0. The number of hydrogen-bond donors (Lipinski definition) is 5. The fourth-order valence-electron chi connectivity index (χ4n) is 3.07. The fraction of sp³-hybridized carbons (Fsp3) is 1.00. The zero-order valence-electron chi connectivity index (χ0n) is 11.7. The van der Waals surface area contributed by atoms with Gasteiger partial charge in [-0.25, -0.2) is 0 Å². The second-order valence-corrected chi connectivity index (χ2v) is 6.16. The van der Waals surface area contributed by atoms with Crippen molar-refractivity contribution in [3.8, 4) is 0 Å². The molecule has 20 heavy (non-hydrogen) atoms. The van der Waals surface area contributed by atoms with Crippen LogP contribution in [0.1, 0.15) is 20.3 Å². The lowest BCUT2D eigenvalue weighted by atomic mass is 9.76. The van der Waals surface area contributed by atoms with Crippen LogP contribution in [-0.4, -0.2) is 81.0 Å². The molecule has 0 aromatic heterocycles. The molecule has 0 spiro atoms. The lowest BCUT2D eigenvalue weighted by Gasteiger charge is -2.50. The Morgan fingerprint density at radius 1 is 0.900 bits per heavy atom. The largest absolute Gasteiger partial charge is 0.394 e. The van der Waals surface area contributed by atoms with Crippen LogP contribution in [0.5, 0.6) is 0 Å². The minimum Gasteiger partial charge on any atom is -0.394 e. The zero-order chi connectivity index (χ0) is 15.1. The molecule has 6 unspecified atom stereocenters. The van der Waals surface area contributed by atoms with Crippen molar-refractivity contribution in [2.75, 3.05) is 13.2 Å². The van der Waals surface area contributed by atoms with E-state index in [2.05, 4.69) is 0 Å². The van der Waals surface area contributed by atoms with Gasteiger partial charge in [0.1, 0.15) is 18.3 Å². The molecule has 7 atom stereocenters. The molecule has 2 aliphatic heterocycles. The summed E-state index contributed by atoms with van der Waals surface area (Å²) in [4.78, 5) is 0. The molecule has 2 saturated heterocycles. The molecule has 2 aliphatic rings. The van der Waals surface area contributed by atoms with Gasteiger partial charge in [0.25, 0.3) is 0 Å². The number of hydrogen-bond acceptors (Lipinski definition) is 7. The Morgan fingerprint density at radius 2 is 1.50 bits per heavy atom. The molecule has 118 valence electrons. The fourth-order valence-corrected chi connectivity index (χ4v) is 3.07. The van der Waals surface area contributed by atoms with Crippen LogP contribution in [0, 0.1) is 5.92 Å². The van der Waals surface area contributed by atoms with E-state index < -0.39 is 48.1 Å². The summed E-state index contributed by atoms with van der Waals surface area (Å²) in [6.45, 7) is 2.77. The van der Waals surface area contributed by atoms with Crippen LogP contribution in [0.4, 0.5) is 0 Å². The summed E-state index contributed by atoms with van der Waals surface area (Å²) >= 11 is 0. The van der Waals surface area contributed by atoms with Gasteiger partial charge in [-0.3, -0.25) is 0 Å². The van der Waals surface area contributed by atoms with Gasteiger partial charge in [-0.05, 0) is 20.3 Å². The molecule has 0 aromatic rings. The summed E-state index contributed by atoms with van der Waals surface area (Å²) in [7, 11) is 0. The minimum absolute atomic E-state index is 0.239. The lowest BCUT2D eigenvalue weighted by molar-refractivity contribution is -0.274. The standard InChI is InChI=1S/C13H24O7/c1-13(2)12(18)6(10(16)9(5-15)20-13)3-7-11(17)8(4-14)19-7/h6-12,14-18H,3-5H2,1-2H3/t6?,7?,8?,9?,10?,11?,12-/m0/s1. The monoisotopic (exact) mass is 292 g/mol. The van der Waals surface area contributed by atoms with Crippen LogP contribution in [-0.2, 0) is 9.47 Å². The van der Waals surface area contributed by atoms with E-state index in [-0.39, 0.29) is 19.6 Å². The normalized spacial score (nSPS) is 47.9. The van der Waals surface area contributed by atoms with Crippen molar-refractivity contribution in [3.05, 3.63) is 0 Å². The average molecular weight is 292 g/mol. The van der Waals surface area contributed by atoms with Gasteiger partial charge < -0.3 is 35.0 Å². The van der Waals surface area contributed by atoms with Crippen molar-refractivity contribution in [1.29, 1.82) is 0 Å². The predicted molar refractivity (Wildman–Crippen MR) is 67.9 cm³/mol. The van der Waals surface area contributed by atoms with Crippen LogP contribution >= 0.6 is 0 Å². The Balaban J connectivity index is 2.04. The van der Waals surface area contributed by atoms with E-state index in [9.17, 15) is 20.4 Å². The SMILES string of the molecule is CC1(C)OC(CO)C(O)C(CC2OC(CO)C2O)[C@@H]1O. The van der Waals surface area contributed by atoms with Crippen molar-refractivity contribution >= 4 is 0 Å². The first-order chi connectivity index (χ1) is 9.31. The third-order valence-electron chi connectivity index (χ3n) is 4.37. The van der Waals surface area contributed by atoms with E-state index in [1.807, 2.05) is 0 Å². The molecule has 7 nitrogen and oxygen atoms in total. The Labute approximate surface area is 117 Å². The third kappa shape index (κ3) is 2.71. The number of aliphatic hydroxyl groups is 5. The van der Waals surface area contributed by atoms with Crippen molar-refractivity contribution in [1.82, 2.24) is 0 Å². The molecule has 5 N–H and O–H groups in total. The quantitative estimate of drug-likeness (QED) is 0.407. The van der Waals surface area contributed by atoms with Crippen LogP contribution < -0.4 is 0 Å². The Hall–Kier alpha value is -0.280. The third-order valence-corrected chi connectivity index (χ3v) is 4.37. The van der Waals surface area contributed by atoms with Gasteiger partial charge in [0.15, 0.2) is 0 Å². The van der Waals surface area contributed by atoms with Crippen LogP contribution in [0.3, 0.4) is 0 Å². The van der Waals surface area contributed by atoms with Gasteiger partial charge in [0.2, 0.25) is 0 Å². The molecular weight excluding hydrogens is 268 g/mol. The predicted octanol–water partition coefficient (Wildman–Crippen LogP) is -2.00. The molecule has 0 saturated carbocycles. The number of aliphatic hydroxyl groups excluding tert-OH is 5. The molecule has 0 bridgehead atoms. The van der Waals surface area contributed by atoms with E-state index >= 15 is 0 Å². The topological polar surface area (TPSA) is 120 Å².